The molecule has 4 nitrogen and oxygen atoms in total. The normalized spacial score (nSPS) is 10.7. The van der Waals surface area contributed by atoms with E-state index in [0.29, 0.717) is 11.3 Å². The third kappa shape index (κ3) is 4.23. The molecular weight excluding hydrogens is 374 g/mol. The first-order chi connectivity index (χ1) is 12.8. The average Bonchev–Trinajstić information content (AvgIpc) is 2.64. The number of halogens is 3. The molecular formula is C20H15ClF2N2O2. The van der Waals surface area contributed by atoms with Gasteiger partial charge < -0.3 is 10.5 Å². The number of rotatable bonds is 5. The van der Waals surface area contributed by atoms with Crippen molar-refractivity contribution in [1.82, 2.24) is 4.98 Å². The predicted molar refractivity (Wildman–Crippen MR) is 98.6 cm³/mol. The monoisotopic (exact) mass is 388 g/mol. The fraction of sp³-hybridized carbons (Fsp3) is 0.100. The molecule has 0 aliphatic rings. The van der Waals surface area contributed by atoms with Gasteiger partial charge in [0.1, 0.15) is 12.4 Å². The molecule has 2 N–H and O–H groups in total. The Morgan fingerprint density at radius 2 is 1.96 bits per heavy atom. The van der Waals surface area contributed by atoms with Crippen LogP contribution in [0, 0.1) is 18.6 Å². The first kappa shape index (κ1) is 18.8. The molecule has 0 fully saturated rings. The van der Waals surface area contributed by atoms with Gasteiger partial charge in [0.25, 0.3) is 0 Å². The molecule has 1 amide bonds. The maximum Gasteiger partial charge on any atom is 0.248 e. The van der Waals surface area contributed by atoms with E-state index in [1.165, 1.54) is 6.07 Å². The van der Waals surface area contributed by atoms with E-state index in [2.05, 4.69) is 4.98 Å². The van der Waals surface area contributed by atoms with Gasteiger partial charge in [0.2, 0.25) is 5.91 Å². The second-order valence-corrected chi connectivity index (χ2v) is 6.34. The molecule has 0 spiro atoms. The second-order valence-electron chi connectivity index (χ2n) is 5.93. The summed E-state index contributed by atoms with van der Waals surface area (Å²) in [6.45, 7) is 1.92. The molecule has 2 aromatic carbocycles. The minimum Gasteiger partial charge on any atom is -0.489 e. The number of ether oxygens (including phenoxy) is 1. The maximum atomic E-state index is 13.4. The lowest BCUT2D eigenvalue weighted by molar-refractivity contribution is 0.0999. The number of pyridine rings is 1. The number of aryl methyl sites for hydroxylation is 1. The Balaban J connectivity index is 1.80. The number of nitrogens with two attached hydrogens (primary N) is 1. The molecule has 0 radical (unpaired) electrons. The van der Waals surface area contributed by atoms with E-state index in [0.717, 1.165) is 22.8 Å². The highest BCUT2D eigenvalue weighted by molar-refractivity contribution is 6.30. The van der Waals surface area contributed by atoms with Crippen molar-refractivity contribution in [3.8, 4) is 17.0 Å². The number of primary amides is 1. The highest BCUT2D eigenvalue weighted by Crippen LogP contribution is 2.26. The van der Waals surface area contributed by atoms with Gasteiger partial charge >= 0.3 is 0 Å². The van der Waals surface area contributed by atoms with E-state index in [9.17, 15) is 13.6 Å². The van der Waals surface area contributed by atoms with Gasteiger partial charge in [0, 0.05) is 29.5 Å². The minimum absolute atomic E-state index is 0.120. The van der Waals surface area contributed by atoms with Gasteiger partial charge in [-0.25, -0.2) is 8.78 Å². The van der Waals surface area contributed by atoms with Gasteiger partial charge in [-0.05, 0) is 42.3 Å². The van der Waals surface area contributed by atoms with Crippen molar-refractivity contribution in [2.75, 3.05) is 0 Å². The first-order valence-electron chi connectivity index (χ1n) is 7.98. The van der Waals surface area contributed by atoms with E-state index >= 15 is 0 Å². The van der Waals surface area contributed by atoms with E-state index in [1.807, 2.05) is 6.07 Å². The zero-order valence-electron chi connectivity index (χ0n) is 14.3. The summed E-state index contributed by atoms with van der Waals surface area (Å²) < 4.78 is 32.1. The minimum atomic E-state index is -1.11. The SMILES string of the molecule is Cc1cc(-c2cc(COc3cc(F)c(F)c(Cl)c3)ccn2)ccc1C(N)=O. The number of nitrogens with zero attached hydrogens (tertiary/aromatic N) is 1. The fourth-order valence-corrected chi connectivity index (χ4v) is 2.80. The lowest BCUT2D eigenvalue weighted by Gasteiger charge is -2.10. The summed E-state index contributed by atoms with van der Waals surface area (Å²) in [5, 5.41) is -0.342. The Hall–Kier alpha value is -2.99. The molecule has 0 saturated heterocycles. The molecule has 0 saturated carbocycles. The lowest BCUT2D eigenvalue weighted by atomic mass is 10.0. The van der Waals surface area contributed by atoms with E-state index in [1.54, 1.807) is 37.4 Å². The Labute approximate surface area is 159 Å². The first-order valence-corrected chi connectivity index (χ1v) is 8.36. The molecule has 1 aromatic heterocycles. The van der Waals surface area contributed by atoms with Gasteiger partial charge in [-0.15, -0.1) is 0 Å². The summed E-state index contributed by atoms with van der Waals surface area (Å²) in [5.41, 5.74) is 8.79. The van der Waals surface area contributed by atoms with Gasteiger partial charge in [0.15, 0.2) is 11.6 Å². The smallest absolute Gasteiger partial charge is 0.248 e. The van der Waals surface area contributed by atoms with Crippen LogP contribution < -0.4 is 10.5 Å². The van der Waals surface area contributed by atoms with Crippen LogP contribution in [0.4, 0.5) is 8.78 Å². The van der Waals surface area contributed by atoms with Crippen LogP contribution in [0.2, 0.25) is 5.02 Å². The highest BCUT2D eigenvalue weighted by atomic mass is 35.5. The van der Waals surface area contributed by atoms with Crippen LogP contribution in [0.25, 0.3) is 11.3 Å². The highest BCUT2D eigenvalue weighted by Gasteiger charge is 2.11. The predicted octanol–water partition coefficient (Wildman–Crippen LogP) is 4.67. The molecule has 3 aromatic rings. The van der Waals surface area contributed by atoms with Crippen molar-refractivity contribution in [3.63, 3.8) is 0 Å². The van der Waals surface area contributed by atoms with Crippen LogP contribution in [0.15, 0.2) is 48.7 Å². The zero-order valence-corrected chi connectivity index (χ0v) is 15.1. The topological polar surface area (TPSA) is 65.2 Å². The van der Waals surface area contributed by atoms with Crippen molar-refractivity contribution < 1.29 is 18.3 Å². The second kappa shape index (κ2) is 7.72. The summed E-state index contributed by atoms with van der Waals surface area (Å²) in [6.07, 6.45) is 1.61. The van der Waals surface area contributed by atoms with Crippen LogP contribution in [0.1, 0.15) is 21.5 Å². The fourth-order valence-electron chi connectivity index (χ4n) is 2.60. The van der Waals surface area contributed by atoms with E-state index in [-0.39, 0.29) is 17.4 Å². The molecule has 138 valence electrons. The Morgan fingerprint density at radius 3 is 2.63 bits per heavy atom. The van der Waals surface area contributed by atoms with Crippen LogP contribution in [-0.4, -0.2) is 10.9 Å². The Morgan fingerprint density at radius 1 is 1.19 bits per heavy atom. The number of hydrogen-bond acceptors (Lipinski definition) is 3. The van der Waals surface area contributed by atoms with Crippen molar-refractivity contribution in [2.24, 2.45) is 5.73 Å². The molecule has 27 heavy (non-hydrogen) atoms. The molecule has 7 heteroatoms. The van der Waals surface area contributed by atoms with Crippen LogP contribution >= 0.6 is 11.6 Å². The quantitative estimate of drug-likeness (QED) is 0.646. The van der Waals surface area contributed by atoms with E-state index in [4.69, 9.17) is 22.1 Å². The number of amides is 1. The van der Waals surface area contributed by atoms with Crippen molar-refractivity contribution >= 4 is 17.5 Å². The van der Waals surface area contributed by atoms with Crippen molar-refractivity contribution in [1.29, 1.82) is 0 Å². The molecule has 3 rings (SSSR count). The largest absolute Gasteiger partial charge is 0.489 e. The summed E-state index contributed by atoms with van der Waals surface area (Å²) in [5.74, 6) is -2.54. The van der Waals surface area contributed by atoms with Crippen LogP contribution in [0.3, 0.4) is 0 Å². The Bertz CT molecular complexity index is 1000. The third-order valence-electron chi connectivity index (χ3n) is 3.97. The molecule has 0 aliphatic heterocycles. The summed E-state index contributed by atoms with van der Waals surface area (Å²) >= 11 is 5.62. The number of carbonyl (C=O) groups excluding carboxylic acids is 1. The molecule has 0 aliphatic carbocycles. The molecule has 0 bridgehead atoms. The van der Waals surface area contributed by atoms with Crippen molar-refractivity contribution in [3.05, 3.63) is 82.0 Å². The summed E-state index contributed by atoms with van der Waals surface area (Å²) in [6, 6.07) is 10.9. The van der Waals surface area contributed by atoms with Gasteiger partial charge in [-0.1, -0.05) is 17.7 Å². The standard InChI is InChI=1S/C20H15ClF2N2O2/c1-11-6-13(2-3-15(11)20(24)26)18-7-12(4-5-25-18)10-27-14-8-16(21)19(23)17(22)9-14/h2-9H,10H2,1H3,(H2,24,26). The zero-order chi connectivity index (χ0) is 19.6. The lowest BCUT2D eigenvalue weighted by Crippen LogP contribution is -2.12. The Kier molecular flexibility index (Phi) is 5.37. The molecule has 0 unspecified atom stereocenters. The third-order valence-corrected chi connectivity index (χ3v) is 4.25. The van der Waals surface area contributed by atoms with E-state index < -0.39 is 17.5 Å². The number of carbonyl (C=O) groups is 1. The van der Waals surface area contributed by atoms with Gasteiger partial charge in [-0.2, -0.15) is 0 Å². The number of aromatic nitrogens is 1. The van der Waals surface area contributed by atoms with Gasteiger partial charge in [0.05, 0.1) is 10.7 Å². The van der Waals surface area contributed by atoms with Crippen LogP contribution in [-0.2, 0) is 6.61 Å². The average molecular weight is 389 g/mol. The number of benzene rings is 2. The maximum absolute atomic E-state index is 13.4. The van der Waals surface area contributed by atoms with Crippen molar-refractivity contribution in [2.45, 2.75) is 13.5 Å². The summed E-state index contributed by atoms with van der Waals surface area (Å²) in [7, 11) is 0. The number of hydrogen-bond donors (Lipinski definition) is 1. The molecule has 0 atom stereocenters. The molecule has 1 heterocycles. The van der Waals surface area contributed by atoms with Gasteiger partial charge in [-0.3, -0.25) is 9.78 Å². The summed E-state index contributed by atoms with van der Waals surface area (Å²) in [4.78, 5) is 15.7. The van der Waals surface area contributed by atoms with Crippen LogP contribution in [0.5, 0.6) is 5.75 Å².